The van der Waals surface area contributed by atoms with E-state index in [4.69, 9.17) is 0 Å². The third kappa shape index (κ3) is 3.39. The summed E-state index contributed by atoms with van der Waals surface area (Å²) in [5.74, 6) is 1.64. The second-order valence-corrected chi connectivity index (χ2v) is 7.09. The number of aromatic nitrogens is 2. The average Bonchev–Trinajstić information content (AvgIpc) is 3.46. The number of imidazole rings is 1. The van der Waals surface area contributed by atoms with E-state index < -0.39 is 0 Å². The lowest BCUT2D eigenvalue weighted by atomic mass is 10.1. The van der Waals surface area contributed by atoms with E-state index in [0.717, 1.165) is 36.0 Å². The first kappa shape index (κ1) is 14.7. The van der Waals surface area contributed by atoms with Crippen molar-refractivity contribution in [2.24, 2.45) is 11.8 Å². The van der Waals surface area contributed by atoms with Crippen LogP contribution < -0.4 is 5.32 Å². The number of carbonyl (C=O) groups is 1. The molecule has 2 saturated carbocycles. The molecule has 5 nitrogen and oxygen atoms in total. The fraction of sp³-hybridized carbons (Fsp3) is 0.556. The molecule has 2 aliphatic carbocycles. The van der Waals surface area contributed by atoms with E-state index in [1.54, 1.807) is 6.33 Å². The number of carbonyl (C=O) groups excluding carboxylic acids is 1. The number of nitrogens with one attached hydrogen (secondary N) is 2. The Bertz CT molecular complexity index is 688. The molecule has 0 aliphatic heterocycles. The Hall–Kier alpha value is -1.88. The summed E-state index contributed by atoms with van der Waals surface area (Å²) in [6.45, 7) is 4.34. The van der Waals surface area contributed by atoms with Gasteiger partial charge in [0.2, 0.25) is 0 Å². The van der Waals surface area contributed by atoms with Gasteiger partial charge in [0.05, 0.1) is 23.6 Å². The normalized spacial score (nSPS) is 19.2. The van der Waals surface area contributed by atoms with Gasteiger partial charge in [0.1, 0.15) is 5.52 Å². The molecule has 0 saturated heterocycles. The molecule has 2 aliphatic rings. The maximum Gasteiger partial charge on any atom is 0.254 e. The van der Waals surface area contributed by atoms with Crippen LogP contribution in [-0.2, 0) is 0 Å². The van der Waals surface area contributed by atoms with Crippen molar-refractivity contribution in [3.8, 4) is 0 Å². The summed E-state index contributed by atoms with van der Waals surface area (Å²) in [5, 5.41) is 3.18. The molecule has 23 heavy (non-hydrogen) atoms. The number of amides is 1. The molecule has 1 unspecified atom stereocenters. The Balaban J connectivity index is 1.46. The Morgan fingerprint density at radius 1 is 1.30 bits per heavy atom. The van der Waals surface area contributed by atoms with Crippen molar-refractivity contribution in [2.75, 3.05) is 13.1 Å². The molecule has 1 aromatic carbocycles. The van der Waals surface area contributed by atoms with Gasteiger partial charge in [-0.2, -0.15) is 0 Å². The van der Waals surface area contributed by atoms with Crippen LogP contribution in [0.25, 0.3) is 11.0 Å². The smallest absolute Gasteiger partial charge is 0.254 e. The first-order valence-electron chi connectivity index (χ1n) is 8.67. The van der Waals surface area contributed by atoms with Crippen LogP contribution in [0.2, 0.25) is 0 Å². The molecule has 0 radical (unpaired) electrons. The number of hydrogen-bond acceptors (Lipinski definition) is 3. The molecule has 1 aromatic heterocycles. The minimum Gasteiger partial charge on any atom is -0.345 e. The van der Waals surface area contributed by atoms with E-state index in [-0.39, 0.29) is 12.1 Å². The van der Waals surface area contributed by atoms with Crippen LogP contribution in [0.15, 0.2) is 24.5 Å². The topological polar surface area (TPSA) is 61.0 Å². The molecule has 1 amide bonds. The molecular formula is C18H24N4O. The van der Waals surface area contributed by atoms with Gasteiger partial charge in [-0.05, 0) is 56.6 Å². The third-order valence-corrected chi connectivity index (χ3v) is 4.96. The zero-order valence-electron chi connectivity index (χ0n) is 13.6. The lowest BCUT2D eigenvalue weighted by molar-refractivity contribution is 0.0854. The van der Waals surface area contributed by atoms with Gasteiger partial charge in [0, 0.05) is 13.1 Å². The van der Waals surface area contributed by atoms with Gasteiger partial charge in [0.25, 0.3) is 5.91 Å². The molecule has 2 aromatic rings. The van der Waals surface area contributed by atoms with Gasteiger partial charge in [-0.1, -0.05) is 6.07 Å². The van der Waals surface area contributed by atoms with Gasteiger partial charge in [-0.25, -0.2) is 4.98 Å². The van der Waals surface area contributed by atoms with Crippen molar-refractivity contribution in [1.29, 1.82) is 0 Å². The van der Waals surface area contributed by atoms with Gasteiger partial charge in [-0.15, -0.1) is 0 Å². The van der Waals surface area contributed by atoms with Crippen molar-refractivity contribution in [3.63, 3.8) is 0 Å². The highest BCUT2D eigenvalue weighted by molar-refractivity contribution is 6.04. The zero-order chi connectivity index (χ0) is 15.8. The van der Waals surface area contributed by atoms with E-state index in [1.165, 1.54) is 25.7 Å². The zero-order valence-corrected chi connectivity index (χ0v) is 13.6. The van der Waals surface area contributed by atoms with E-state index in [2.05, 4.69) is 27.1 Å². The average molecular weight is 312 g/mol. The fourth-order valence-corrected chi connectivity index (χ4v) is 3.16. The van der Waals surface area contributed by atoms with Gasteiger partial charge in [0.15, 0.2) is 0 Å². The van der Waals surface area contributed by atoms with Crippen LogP contribution in [0.5, 0.6) is 0 Å². The van der Waals surface area contributed by atoms with Crippen LogP contribution in [0.3, 0.4) is 0 Å². The Morgan fingerprint density at radius 3 is 2.65 bits per heavy atom. The molecule has 0 bridgehead atoms. The summed E-state index contributed by atoms with van der Waals surface area (Å²) in [6, 6.07) is 5.68. The monoisotopic (exact) mass is 312 g/mol. The molecule has 4 rings (SSSR count). The quantitative estimate of drug-likeness (QED) is 0.773. The van der Waals surface area contributed by atoms with E-state index in [1.807, 2.05) is 18.2 Å². The summed E-state index contributed by atoms with van der Waals surface area (Å²) in [6.07, 6.45) is 7.07. The van der Waals surface area contributed by atoms with E-state index >= 15 is 0 Å². The Morgan fingerprint density at radius 2 is 2.00 bits per heavy atom. The summed E-state index contributed by atoms with van der Waals surface area (Å²) < 4.78 is 0. The summed E-state index contributed by atoms with van der Waals surface area (Å²) in [5.41, 5.74) is 2.29. The number of aromatic amines is 1. The largest absolute Gasteiger partial charge is 0.345 e. The van der Waals surface area contributed by atoms with Crippen LogP contribution in [0.1, 0.15) is 43.0 Å². The summed E-state index contributed by atoms with van der Waals surface area (Å²) in [7, 11) is 0. The fourth-order valence-electron chi connectivity index (χ4n) is 3.16. The third-order valence-electron chi connectivity index (χ3n) is 4.96. The number of hydrogen-bond donors (Lipinski definition) is 2. The van der Waals surface area contributed by atoms with Crippen molar-refractivity contribution in [2.45, 2.75) is 38.8 Å². The molecule has 2 N–H and O–H groups in total. The van der Waals surface area contributed by atoms with Gasteiger partial charge in [-0.3, -0.25) is 9.69 Å². The van der Waals surface area contributed by atoms with Crippen molar-refractivity contribution < 1.29 is 4.79 Å². The molecule has 2 fully saturated rings. The number of para-hydroxylation sites is 1. The standard InChI is InChI=1S/C18H24N4O/c1-12(22(9-13-5-6-13)10-14-7-8-14)21-18(23)15-3-2-4-16-17(15)20-11-19-16/h2-4,11-14H,5-10H2,1H3,(H,19,20)(H,21,23). The van der Waals surface area contributed by atoms with E-state index in [9.17, 15) is 4.79 Å². The summed E-state index contributed by atoms with van der Waals surface area (Å²) in [4.78, 5) is 22.5. The summed E-state index contributed by atoms with van der Waals surface area (Å²) >= 11 is 0. The van der Waals surface area contributed by atoms with Crippen LogP contribution >= 0.6 is 0 Å². The molecule has 5 heteroatoms. The number of H-pyrrole nitrogens is 1. The van der Waals surface area contributed by atoms with Crippen molar-refractivity contribution in [1.82, 2.24) is 20.2 Å². The van der Waals surface area contributed by atoms with Crippen LogP contribution in [0.4, 0.5) is 0 Å². The molecule has 1 heterocycles. The molecule has 0 spiro atoms. The van der Waals surface area contributed by atoms with Crippen LogP contribution in [-0.4, -0.2) is 40.0 Å². The second kappa shape index (κ2) is 5.96. The van der Waals surface area contributed by atoms with Gasteiger partial charge >= 0.3 is 0 Å². The second-order valence-electron chi connectivity index (χ2n) is 7.09. The molecule has 1 atom stereocenters. The molecule has 122 valence electrons. The SMILES string of the molecule is CC(NC(=O)c1cccc2[nH]cnc12)N(CC1CC1)CC1CC1. The first-order valence-corrected chi connectivity index (χ1v) is 8.67. The maximum absolute atomic E-state index is 12.7. The minimum atomic E-state index is -0.0354. The lowest BCUT2D eigenvalue weighted by Crippen LogP contribution is -2.48. The van der Waals surface area contributed by atoms with E-state index in [0.29, 0.717) is 5.56 Å². The first-order chi connectivity index (χ1) is 11.2. The molecular weight excluding hydrogens is 288 g/mol. The van der Waals surface area contributed by atoms with Gasteiger partial charge < -0.3 is 10.3 Å². The van der Waals surface area contributed by atoms with Crippen LogP contribution in [0, 0.1) is 11.8 Å². The lowest BCUT2D eigenvalue weighted by Gasteiger charge is -2.30. The highest BCUT2D eigenvalue weighted by Gasteiger charge is 2.31. The highest BCUT2D eigenvalue weighted by Crippen LogP contribution is 2.34. The minimum absolute atomic E-state index is 0.0354. The number of benzene rings is 1. The van der Waals surface area contributed by atoms with Crippen molar-refractivity contribution >= 4 is 16.9 Å². The number of fused-ring (bicyclic) bond motifs is 1. The number of nitrogens with zero attached hydrogens (tertiary/aromatic N) is 2. The Kier molecular flexibility index (Phi) is 3.81. The predicted octanol–water partition coefficient (Wildman–Crippen LogP) is 2.76. The highest BCUT2D eigenvalue weighted by atomic mass is 16.1. The van der Waals surface area contributed by atoms with Crippen molar-refractivity contribution in [3.05, 3.63) is 30.1 Å². The maximum atomic E-state index is 12.7. The Labute approximate surface area is 136 Å². The predicted molar refractivity (Wildman–Crippen MR) is 90.0 cm³/mol. The number of rotatable bonds is 7.